The maximum atomic E-state index is 11.1. The van der Waals surface area contributed by atoms with Crippen molar-refractivity contribution in [3.8, 4) is 11.3 Å². The van der Waals surface area contributed by atoms with Crippen LogP contribution in [0.2, 0.25) is 0 Å². The lowest BCUT2D eigenvalue weighted by Crippen LogP contribution is -2.01. The average Bonchev–Trinajstić information content (AvgIpc) is 3.02. The Bertz CT molecular complexity index is 989. The van der Waals surface area contributed by atoms with Crippen molar-refractivity contribution in [3.05, 3.63) is 94.5 Å². The molecule has 0 aliphatic carbocycles. The highest BCUT2D eigenvalue weighted by atomic mass is 79.9. The van der Waals surface area contributed by atoms with Gasteiger partial charge < -0.3 is 9.52 Å². The molecule has 0 radical (unpaired) electrons. The molecule has 0 spiro atoms. The SMILES string of the molecule is OC(c1ccccc1Br)c1c(-c2ccccc2)oc2ccccc12. The summed E-state index contributed by atoms with van der Waals surface area (Å²) in [6.07, 6.45) is -0.778. The predicted octanol–water partition coefficient (Wildman–Crippen LogP) is 5.94. The number of hydrogen-bond acceptors (Lipinski definition) is 2. The minimum atomic E-state index is -0.778. The Morgan fingerprint density at radius 2 is 1.46 bits per heavy atom. The summed E-state index contributed by atoms with van der Waals surface area (Å²) in [4.78, 5) is 0. The fraction of sp³-hybridized carbons (Fsp3) is 0.0476. The highest BCUT2D eigenvalue weighted by Crippen LogP contribution is 2.41. The van der Waals surface area contributed by atoms with Crippen LogP contribution in [0.1, 0.15) is 17.2 Å². The first-order valence-corrected chi connectivity index (χ1v) is 8.54. The second-order valence-electron chi connectivity index (χ2n) is 5.63. The molecule has 0 saturated heterocycles. The van der Waals surface area contributed by atoms with Gasteiger partial charge in [0.25, 0.3) is 0 Å². The van der Waals surface area contributed by atoms with Crippen molar-refractivity contribution < 1.29 is 9.52 Å². The van der Waals surface area contributed by atoms with Crippen molar-refractivity contribution >= 4 is 26.9 Å². The van der Waals surface area contributed by atoms with Crippen LogP contribution in [0.25, 0.3) is 22.3 Å². The van der Waals surface area contributed by atoms with E-state index < -0.39 is 6.10 Å². The molecule has 0 aliphatic heterocycles. The molecule has 3 aromatic carbocycles. The Hall–Kier alpha value is -2.36. The smallest absolute Gasteiger partial charge is 0.141 e. The fourth-order valence-electron chi connectivity index (χ4n) is 2.99. The number of halogens is 1. The molecule has 0 amide bonds. The lowest BCUT2D eigenvalue weighted by molar-refractivity contribution is 0.220. The van der Waals surface area contributed by atoms with Gasteiger partial charge in [-0.2, -0.15) is 0 Å². The van der Waals surface area contributed by atoms with Crippen molar-refractivity contribution in [2.75, 3.05) is 0 Å². The number of aliphatic hydroxyl groups excluding tert-OH is 1. The van der Waals surface area contributed by atoms with E-state index in [0.717, 1.165) is 32.1 Å². The molecule has 24 heavy (non-hydrogen) atoms. The number of fused-ring (bicyclic) bond motifs is 1. The molecule has 0 saturated carbocycles. The summed E-state index contributed by atoms with van der Waals surface area (Å²) in [6, 6.07) is 25.4. The number of aliphatic hydroxyl groups is 1. The summed E-state index contributed by atoms with van der Waals surface area (Å²) in [6.45, 7) is 0. The van der Waals surface area contributed by atoms with Crippen molar-refractivity contribution in [2.45, 2.75) is 6.10 Å². The molecule has 1 unspecified atom stereocenters. The van der Waals surface area contributed by atoms with Gasteiger partial charge in [-0.05, 0) is 17.7 Å². The zero-order valence-corrected chi connectivity index (χ0v) is 14.4. The van der Waals surface area contributed by atoms with E-state index in [1.807, 2.05) is 78.9 Å². The van der Waals surface area contributed by atoms with Gasteiger partial charge in [-0.1, -0.05) is 82.7 Å². The number of benzene rings is 3. The van der Waals surface area contributed by atoms with Crippen LogP contribution < -0.4 is 0 Å². The van der Waals surface area contributed by atoms with E-state index in [0.29, 0.717) is 5.76 Å². The van der Waals surface area contributed by atoms with Gasteiger partial charge in [-0.3, -0.25) is 0 Å². The molecule has 0 bridgehead atoms. The van der Waals surface area contributed by atoms with Gasteiger partial charge in [-0.25, -0.2) is 0 Å². The first-order valence-electron chi connectivity index (χ1n) is 7.75. The molecule has 1 atom stereocenters. The molecule has 3 heteroatoms. The normalized spacial score (nSPS) is 12.4. The third-order valence-electron chi connectivity index (χ3n) is 4.14. The maximum Gasteiger partial charge on any atom is 0.141 e. The summed E-state index contributed by atoms with van der Waals surface area (Å²) in [5, 5.41) is 12.0. The molecule has 1 heterocycles. The van der Waals surface area contributed by atoms with Crippen LogP contribution in [0.4, 0.5) is 0 Å². The summed E-state index contributed by atoms with van der Waals surface area (Å²) in [5.74, 6) is 0.708. The van der Waals surface area contributed by atoms with Gasteiger partial charge in [0, 0.05) is 21.0 Å². The van der Waals surface area contributed by atoms with Crippen LogP contribution in [-0.2, 0) is 0 Å². The Morgan fingerprint density at radius 3 is 2.25 bits per heavy atom. The Labute approximate surface area is 148 Å². The minimum Gasteiger partial charge on any atom is -0.456 e. The van der Waals surface area contributed by atoms with E-state index in [2.05, 4.69) is 15.9 Å². The van der Waals surface area contributed by atoms with E-state index in [-0.39, 0.29) is 0 Å². The van der Waals surface area contributed by atoms with E-state index in [1.165, 1.54) is 0 Å². The molecule has 118 valence electrons. The lowest BCUT2D eigenvalue weighted by atomic mass is 9.96. The van der Waals surface area contributed by atoms with Crippen molar-refractivity contribution in [1.82, 2.24) is 0 Å². The molecule has 0 fully saturated rings. The molecule has 1 aromatic heterocycles. The summed E-state index contributed by atoms with van der Waals surface area (Å²) >= 11 is 3.54. The van der Waals surface area contributed by atoms with Crippen molar-refractivity contribution in [2.24, 2.45) is 0 Å². The minimum absolute atomic E-state index is 0.708. The van der Waals surface area contributed by atoms with Crippen LogP contribution in [0, 0.1) is 0 Å². The van der Waals surface area contributed by atoms with Gasteiger partial charge in [0.1, 0.15) is 17.4 Å². The maximum absolute atomic E-state index is 11.1. The summed E-state index contributed by atoms with van der Waals surface area (Å²) in [5.41, 5.74) is 3.34. The molecular formula is C21H15BrO2. The fourth-order valence-corrected chi connectivity index (χ4v) is 3.49. The van der Waals surface area contributed by atoms with Gasteiger partial charge in [0.2, 0.25) is 0 Å². The molecular weight excluding hydrogens is 364 g/mol. The van der Waals surface area contributed by atoms with Gasteiger partial charge >= 0.3 is 0 Å². The van der Waals surface area contributed by atoms with E-state index >= 15 is 0 Å². The van der Waals surface area contributed by atoms with Gasteiger partial charge in [-0.15, -0.1) is 0 Å². The second-order valence-corrected chi connectivity index (χ2v) is 6.49. The monoisotopic (exact) mass is 378 g/mol. The largest absolute Gasteiger partial charge is 0.456 e. The van der Waals surface area contributed by atoms with Crippen LogP contribution in [0.3, 0.4) is 0 Å². The van der Waals surface area contributed by atoms with Crippen LogP contribution in [0.15, 0.2) is 87.8 Å². The Kier molecular flexibility index (Phi) is 3.97. The summed E-state index contributed by atoms with van der Waals surface area (Å²) in [7, 11) is 0. The third kappa shape index (κ3) is 2.56. The highest BCUT2D eigenvalue weighted by molar-refractivity contribution is 9.10. The third-order valence-corrected chi connectivity index (χ3v) is 4.87. The van der Waals surface area contributed by atoms with Crippen molar-refractivity contribution in [3.63, 3.8) is 0 Å². The average molecular weight is 379 g/mol. The Balaban J connectivity index is 1.98. The molecule has 4 rings (SSSR count). The quantitative estimate of drug-likeness (QED) is 0.478. The van der Waals surface area contributed by atoms with E-state index in [1.54, 1.807) is 0 Å². The first kappa shape index (κ1) is 15.2. The number of hydrogen-bond donors (Lipinski definition) is 1. The number of furan rings is 1. The van der Waals surface area contributed by atoms with Gasteiger partial charge in [0.15, 0.2) is 0 Å². The summed E-state index contributed by atoms with van der Waals surface area (Å²) < 4.78 is 6.97. The van der Waals surface area contributed by atoms with Crippen LogP contribution in [0.5, 0.6) is 0 Å². The molecule has 4 aromatic rings. The second kappa shape index (κ2) is 6.27. The standard InChI is InChI=1S/C21H15BrO2/c22-17-12-6-4-10-15(17)20(23)19-16-11-5-7-13-18(16)24-21(19)14-8-2-1-3-9-14/h1-13,20,23H. The van der Waals surface area contributed by atoms with Crippen LogP contribution in [-0.4, -0.2) is 5.11 Å². The molecule has 0 aliphatic rings. The lowest BCUT2D eigenvalue weighted by Gasteiger charge is -2.14. The highest BCUT2D eigenvalue weighted by Gasteiger charge is 2.24. The van der Waals surface area contributed by atoms with E-state index in [9.17, 15) is 5.11 Å². The van der Waals surface area contributed by atoms with Crippen molar-refractivity contribution in [1.29, 1.82) is 0 Å². The molecule has 2 nitrogen and oxygen atoms in total. The topological polar surface area (TPSA) is 33.4 Å². The number of para-hydroxylation sites is 1. The molecule has 1 N–H and O–H groups in total. The zero-order valence-electron chi connectivity index (χ0n) is 12.8. The Morgan fingerprint density at radius 1 is 0.792 bits per heavy atom. The predicted molar refractivity (Wildman–Crippen MR) is 99.9 cm³/mol. The van der Waals surface area contributed by atoms with Gasteiger partial charge in [0.05, 0.1) is 0 Å². The number of rotatable bonds is 3. The van der Waals surface area contributed by atoms with Crippen LogP contribution >= 0.6 is 15.9 Å². The first-order chi connectivity index (χ1) is 11.8. The van der Waals surface area contributed by atoms with E-state index in [4.69, 9.17) is 4.42 Å². The zero-order chi connectivity index (χ0) is 16.5.